The Morgan fingerprint density at radius 1 is 0.792 bits per heavy atom. The van der Waals surface area contributed by atoms with Gasteiger partial charge in [0.2, 0.25) is 0 Å². The summed E-state index contributed by atoms with van der Waals surface area (Å²) in [5, 5.41) is 1.61. The van der Waals surface area contributed by atoms with Crippen LogP contribution < -0.4 is 11.1 Å². The van der Waals surface area contributed by atoms with Crippen LogP contribution >= 0.6 is 0 Å². The van der Waals surface area contributed by atoms with Crippen LogP contribution in [-0.4, -0.2) is 36.6 Å². The van der Waals surface area contributed by atoms with E-state index in [2.05, 4.69) is 0 Å². The van der Waals surface area contributed by atoms with Crippen molar-refractivity contribution in [3.05, 3.63) is 69.2 Å². The summed E-state index contributed by atoms with van der Waals surface area (Å²) in [6.45, 7) is 0. The molecule has 0 amide bonds. The van der Waals surface area contributed by atoms with Crippen molar-refractivity contribution in [3.8, 4) is 0 Å². The molecule has 122 valence electrons. The first-order chi connectivity index (χ1) is 11.6. The fourth-order valence-electron chi connectivity index (χ4n) is 2.51. The number of hydrogen-bond acceptors (Lipinski definition) is 3. The third-order valence-corrected chi connectivity index (χ3v) is 10.6. The predicted octanol–water partition coefficient (Wildman–Crippen LogP) is 1.13. The van der Waals surface area contributed by atoms with E-state index in [-0.39, 0.29) is 40.6 Å². The molecule has 2 aromatic heterocycles. The van der Waals surface area contributed by atoms with Crippen LogP contribution in [0.4, 0.5) is 0 Å². The Bertz CT molecular complexity index is 1090. The van der Waals surface area contributed by atoms with E-state index in [1.54, 1.807) is 0 Å². The summed E-state index contributed by atoms with van der Waals surface area (Å²) in [5.41, 5.74) is 0.156. The van der Waals surface area contributed by atoms with Gasteiger partial charge in [-0.25, -0.2) is 0 Å². The topological polar surface area (TPSA) is 44.0 Å². The Balaban J connectivity index is 1.62. The van der Waals surface area contributed by atoms with E-state index in [1.807, 2.05) is 55.7 Å². The van der Waals surface area contributed by atoms with Gasteiger partial charge in [0.15, 0.2) is 0 Å². The van der Waals surface area contributed by atoms with Crippen LogP contribution in [0.25, 0.3) is 19.3 Å². The van der Waals surface area contributed by atoms with Crippen molar-refractivity contribution >= 4 is 69.4 Å². The molecule has 0 N–H and O–H groups in total. The summed E-state index contributed by atoms with van der Waals surface area (Å²) in [6.07, 6.45) is 0. The molecule has 4 aromatic rings. The molecule has 4 rings (SSSR count). The van der Waals surface area contributed by atoms with Gasteiger partial charge >= 0.3 is 158 Å². The van der Waals surface area contributed by atoms with Gasteiger partial charge in [-0.2, -0.15) is 0 Å². The zero-order valence-corrected chi connectivity index (χ0v) is 17.4. The molecule has 0 aliphatic heterocycles. The van der Waals surface area contributed by atoms with Gasteiger partial charge in [-0.1, -0.05) is 0 Å². The normalized spacial score (nSPS) is 11.7. The Morgan fingerprint density at radius 3 is 1.62 bits per heavy atom. The molecule has 0 fully saturated rings. The van der Waals surface area contributed by atoms with Crippen LogP contribution in [0.5, 0.6) is 0 Å². The fraction of sp³-hybridized carbons (Fsp3) is 0.125. The second-order valence-corrected chi connectivity index (χ2v) is 12.5. The molecule has 0 aliphatic carbocycles. The first-order valence-corrected chi connectivity index (χ1v) is 12.9. The molecule has 2 heterocycles. The van der Waals surface area contributed by atoms with Crippen LogP contribution in [0, 0.1) is 0 Å². The summed E-state index contributed by atoms with van der Waals surface area (Å²) in [7, 11) is -0.443. The van der Waals surface area contributed by atoms with Crippen LogP contribution in [0.2, 0.25) is 0 Å². The summed E-state index contributed by atoms with van der Waals surface area (Å²) in [6, 6.07) is 15.5. The molecular formula is C16H12N2O2S2Se2. The van der Waals surface area contributed by atoms with Gasteiger partial charge in [-0.15, -0.1) is 0 Å². The molecule has 0 bridgehead atoms. The molecule has 8 heteroatoms. The molecule has 0 spiro atoms. The molecule has 0 saturated carbocycles. The fourth-order valence-corrected chi connectivity index (χ4v) is 10.7. The maximum atomic E-state index is 12.4. The molecule has 2 aromatic carbocycles. The second-order valence-electron chi connectivity index (χ2n) is 5.24. The number of benzene rings is 2. The first kappa shape index (κ1) is 16.5. The van der Waals surface area contributed by atoms with Crippen LogP contribution in [0.15, 0.2) is 58.1 Å². The SMILES string of the molecule is O=c1c2ccccc2[se]n1CS(=S)Cn1[se]c2ccccc2c1=O. The van der Waals surface area contributed by atoms with Crippen LogP contribution in [0.1, 0.15) is 0 Å². The zero-order chi connectivity index (χ0) is 16.7. The van der Waals surface area contributed by atoms with Gasteiger partial charge in [0.05, 0.1) is 0 Å². The van der Waals surface area contributed by atoms with Gasteiger partial charge in [0.25, 0.3) is 0 Å². The Kier molecular flexibility index (Phi) is 4.60. The summed E-state index contributed by atoms with van der Waals surface area (Å²) in [5.74, 6) is 1.11. The summed E-state index contributed by atoms with van der Waals surface area (Å²) < 4.78 is 5.98. The summed E-state index contributed by atoms with van der Waals surface area (Å²) in [4.78, 5) is 24.9. The monoisotopic (exact) mass is 488 g/mol. The van der Waals surface area contributed by atoms with E-state index in [9.17, 15) is 9.59 Å². The molecule has 0 saturated heterocycles. The van der Waals surface area contributed by atoms with Crippen LogP contribution in [-0.2, 0) is 32.4 Å². The van der Waals surface area contributed by atoms with E-state index >= 15 is 0 Å². The minimum atomic E-state index is -0.443. The van der Waals surface area contributed by atoms with Crippen molar-refractivity contribution in [1.29, 1.82) is 0 Å². The summed E-state index contributed by atoms with van der Waals surface area (Å²) >= 11 is 5.60. The maximum absolute atomic E-state index is 12.4. The average Bonchev–Trinajstić information content (AvgIpc) is 3.06. The standard InChI is InChI=1S/C16H12N2O2S2Se2/c19-15-11-5-1-3-7-13(11)23-17(15)9-22(21)10-18-16(20)12-6-2-4-8-14(12)24-18/h1-8H,9-10H2. The number of hydrogen-bond donors (Lipinski definition) is 0. The van der Waals surface area contributed by atoms with Crippen LogP contribution in [0.3, 0.4) is 0 Å². The van der Waals surface area contributed by atoms with Crippen molar-refractivity contribution in [3.63, 3.8) is 0 Å². The van der Waals surface area contributed by atoms with E-state index in [1.165, 1.54) is 0 Å². The number of fused-ring (bicyclic) bond motifs is 2. The Hall–Kier alpha value is -1.01. The van der Waals surface area contributed by atoms with E-state index in [0.717, 1.165) is 19.3 Å². The predicted molar refractivity (Wildman–Crippen MR) is 105 cm³/mol. The molecule has 0 atom stereocenters. The molecule has 0 radical (unpaired) electrons. The quantitative estimate of drug-likeness (QED) is 0.407. The molecular weight excluding hydrogens is 474 g/mol. The number of rotatable bonds is 4. The number of aromatic nitrogens is 2. The molecule has 0 aliphatic rings. The van der Waals surface area contributed by atoms with E-state index in [4.69, 9.17) is 11.2 Å². The van der Waals surface area contributed by atoms with Crippen molar-refractivity contribution in [1.82, 2.24) is 7.12 Å². The van der Waals surface area contributed by atoms with Gasteiger partial charge in [-0.05, 0) is 0 Å². The van der Waals surface area contributed by atoms with Crippen molar-refractivity contribution in [2.24, 2.45) is 0 Å². The Labute approximate surface area is 156 Å². The van der Waals surface area contributed by atoms with Crippen molar-refractivity contribution < 1.29 is 0 Å². The zero-order valence-electron chi connectivity index (χ0n) is 12.4. The minimum absolute atomic E-state index is 0.000854. The first-order valence-electron chi connectivity index (χ1n) is 7.16. The third kappa shape index (κ3) is 2.99. The van der Waals surface area contributed by atoms with Gasteiger partial charge in [0, 0.05) is 0 Å². The second kappa shape index (κ2) is 6.71. The van der Waals surface area contributed by atoms with Gasteiger partial charge < -0.3 is 0 Å². The third-order valence-electron chi connectivity index (χ3n) is 3.63. The van der Waals surface area contributed by atoms with Gasteiger partial charge in [0.1, 0.15) is 0 Å². The van der Waals surface area contributed by atoms with E-state index in [0.29, 0.717) is 11.8 Å². The van der Waals surface area contributed by atoms with Crippen molar-refractivity contribution in [2.45, 2.75) is 11.8 Å². The van der Waals surface area contributed by atoms with E-state index < -0.39 is 9.45 Å². The van der Waals surface area contributed by atoms with Gasteiger partial charge in [-0.3, -0.25) is 0 Å². The molecule has 4 nitrogen and oxygen atoms in total. The Morgan fingerprint density at radius 2 is 1.21 bits per heavy atom. The number of nitrogens with zero attached hydrogens (tertiary/aromatic N) is 2. The molecule has 24 heavy (non-hydrogen) atoms. The molecule has 0 unspecified atom stereocenters. The average molecular weight is 486 g/mol. The van der Waals surface area contributed by atoms with Crippen molar-refractivity contribution in [2.75, 3.05) is 0 Å².